The molecule has 9 aromatic carbocycles. The zero-order chi connectivity index (χ0) is 37.5. The van der Waals surface area contributed by atoms with E-state index in [2.05, 4.69) is 209 Å². The molecule has 0 saturated carbocycles. The lowest BCUT2D eigenvalue weighted by atomic mass is 9.91. The molecule has 1 aliphatic heterocycles. The zero-order valence-corrected chi connectivity index (χ0v) is 30.9. The third-order valence-electron chi connectivity index (χ3n) is 11.7. The Balaban J connectivity index is 1.11. The predicted molar refractivity (Wildman–Crippen MR) is 237 cm³/mol. The van der Waals surface area contributed by atoms with Crippen molar-refractivity contribution in [1.29, 1.82) is 0 Å². The maximum Gasteiger partial charge on any atom is 0.152 e. The number of hydrogen-bond acceptors (Lipinski definition) is 1. The molecule has 0 unspecified atom stereocenters. The zero-order valence-electron chi connectivity index (χ0n) is 30.9. The van der Waals surface area contributed by atoms with Gasteiger partial charge >= 0.3 is 0 Å². The largest absolute Gasteiger partial charge is 0.453 e. The first kappa shape index (κ1) is 31.7. The predicted octanol–water partition coefficient (Wildman–Crippen LogP) is 14.7. The molecule has 2 aromatic heterocycles. The number of para-hydroxylation sites is 4. The molecule has 57 heavy (non-hydrogen) atoms. The highest BCUT2D eigenvalue weighted by Gasteiger charge is 2.27. The summed E-state index contributed by atoms with van der Waals surface area (Å²) in [6.07, 6.45) is 0. The SMILES string of the molecule is c1ccc(-c2ccc3c(c2)c2cc(-c4ccccc4)ccc2n3-c2ccccc2-c2ccccc2-c2ccc3c4c2c2ccccc2n4-c2ccccc2O3)cc1. The van der Waals surface area contributed by atoms with Gasteiger partial charge in [-0.05, 0) is 99.6 Å². The van der Waals surface area contributed by atoms with Crippen LogP contribution in [0.4, 0.5) is 0 Å². The molecule has 1 aliphatic rings. The molecule has 3 heterocycles. The molecular formula is C54H34N2O. The Morgan fingerprint density at radius 1 is 0.298 bits per heavy atom. The van der Waals surface area contributed by atoms with E-state index in [0.29, 0.717) is 0 Å². The summed E-state index contributed by atoms with van der Waals surface area (Å²) < 4.78 is 11.4. The van der Waals surface area contributed by atoms with Gasteiger partial charge in [0.1, 0.15) is 0 Å². The smallest absolute Gasteiger partial charge is 0.152 e. The van der Waals surface area contributed by atoms with Crippen molar-refractivity contribution >= 4 is 43.6 Å². The van der Waals surface area contributed by atoms with E-state index in [1.807, 2.05) is 6.07 Å². The van der Waals surface area contributed by atoms with Crippen molar-refractivity contribution in [2.24, 2.45) is 0 Å². The van der Waals surface area contributed by atoms with Gasteiger partial charge in [-0.15, -0.1) is 0 Å². The number of ether oxygens (including phenoxy) is 1. The van der Waals surface area contributed by atoms with E-state index in [9.17, 15) is 0 Å². The highest BCUT2D eigenvalue weighted by Crippen LogP contribution is 2.50. The molecule has 0 radical (unpaired) electrons. The summed E-state index contributed by atoms with van der Waals surface area (Å²) in [7, 11) is 0. The van der Waals surface area contributed by atoms with Crippen LogP contribution in [0, 0.1) is 0 Å². The summed E-state index contributed by atoms with van der Waals surface area (Å²) >= 11 is 0. The van der Waals surface area contributed by atoms with Crippen LogP contribution >= 0.6 is 0 Å². The van der Waals surface area contributed by atoms with Crippen LogP contribution < -0.4 is 4.74 Å². The Morgan fingerprint density at radius 2 is 0.825 bits per heavy atom. The van der Waals surface area contributed by atoms with E-state index >= 15 is 0 Å². The van der Waals surface area contributed by atoms with Crippen molar-refractivity contribution in [1.82, 2.24) is 9.13 Å². The summed E-state index contributed by atoms with van der Waals surface area (Å²) in [5.41, 5.74) is 16.3. The summed E-state index contributed by atoms with van der Waals surface area (Å²) in [5.74, 6) is 1.74. The maximum atomic E-state index is 6.58. The quantitative estimate of drug-likeness (QED) is 0.173. The first-order valence-corrected chi connectivity index (χ1v) is 19.5. The van der Waals surface area contributed by atoms with Crippen molar-refractivity contribution in [2.75, 3.05) is 0 Å². The molecule has 11 aromatic rings. The fourth-order valence-electron chi connectivity index (χ4n) is 9.22. The molecule has 3 nitrogen and oxygen atoms in total. The van der Waals surface area contributed by atoms with Gasteiger partial charge in [-0.1, -0.05) is 146 Å². The fraction of sp³-hybridized carbons (Fsp3) is 0. The van der Waals surface area contributed by atoms with Crippen LogP contribution in [0.1, 0.15) is 0 Å². The van der Waals surface area contributed by atoms with E-state index in [4.69, 9.17) is 4.74 Å². The van der Waals surface area contributed by atoms with Crippen LogP contribution in [0.2, 0.25) is 0 Å². The second-order valence-electron chi connectivity index (χ2n) is 14.9. The van der Waals surface area contributed by atoms with Gasteiger partial charge < -0.3 is 13.9 Å². The Morgan fingerprint density at radius 3 is 1.51 bits per heavy atom. The van der Waals surface area contributed by atoms with Crippen LogP contribution in [-0.4, -0.2) is 9.13 Å². The van der Waals surface area contributed by atoms with Gasteiger partial charge in [0.05, 0.1) is 33.4 Å². The maximum absolute atomic E-state index is 6.58. The Labute approximate surface area is 329 Å². The second kappa shape index (κ2) is 12.5. The average Bonchev–Trinajstić information content (AvgIpc) is 3.81. The fourth-order valence-corrected chi connectivity index (χ4v) is 9.22. The lowest BCUT2D eigenvalue weighted by Gasteiger charge is -2.22. The molecule has 12 rings (SSSR count). The van der Waals surface area contributed by atoms with Gasteiger partial charge in [0.25, 0.3) is 0 Å². The molecule has 0 fully saturated rings. The molecule has 0 spiro atoms. The van der Waals surface area contributed by atoms with Crippen LogP contribution in [0.3, 0.4) is 0 Å². The van der Waals surface area contributed by atoms with E-state index in [1.165, 1.54) is 82.6 Å². The molecule has 0 N–H and O–H groups in total. The molecule has 0 atom stereocenters. The van der Waals surface area contributed by atoms with Gasteiger partial charge in [0.2, 0.25) is 0 Å². The molecule has 0 aliphatic carbocycles. The monoisotopic (exact) mass is 726 g/mol. The number of nitrogens with zero attached hydrogens (tertiary/aromatic N) is 2. The Kier molecular flexibility index (Phi) is 6.93. The number of aromatic nitrogens is 2. The van der Waals surface area contributed by atoms with Gasteiger partial charge in [0, 0.05) is 27.1 Å². The summed E-state index contributed by atoms with van der Waals surface area (Å²) in [4.78, 5) is 0. The standard InChI is InChI=1S/C54H34N2O/c1-3-15-35(16-4-1)37-27-30-48-44(33-37)45-34-38(36-17-5-2-6-18-36)28-31-49(45)55(48)46-23-11-9-21-41(46)39-19-7-8-20-40(39)42-29-32-52-54-53(42)43-22-10-12-24-47(43)56(54)50-25-13-14-26-51(50)57-52/h1-34H. The Hall–Kier alpha value is -7.62. The summed E-state index contributed by atoms with van der Waals surface area (Å²) in [6, 6.07) is 74.5. The lowest BCUT2D eigenvalue weighted by molar-refractivity contribution is 0.476. The van der Waals surface area contributed by atoms with Crippen LogP contribution in [0.15, 0.2) is 206 Å². The van der Waals surface area contributed by atoms with E-state index in [1.54, 1.807) is 0 Å². The number of hydrogen-bond donors (Lipinski definition) is 0. The first-order chi connectivity index (χ1) is 28.3. The second-order valence-corrected chi connectivity index (χ2v) is 14.9. The van der Waals surface area contributed by atoms with Gasteiger partial charge in [-0.25, -0.2) is 0 Å². The normalized spacial score (nSPS) is 12.0. The highest BCUT2D eigenvalue weighted by molar-refractivity contribution is 6.19. The van der Waals surface area contributed by atoms with E-state index < -0.39 is 0 Å². The average molecular weight is 727 g/mol. The molecular weight excluding hydrogens is 693 g/mol. The molecule has 0 bridgehead atoms. The first-order valence-electron chi connectivity index (χ1n) is 19.5. The molecule has 0 amide bonds. The minimum absolute atomic E-state index is 0.868. The number of benzene rings is 9. The van der Waals surface area contributed by atoms with Crippen molar-refractivity contribution < 1.29 is 4.74 Å². The third-order valence-corrected chi connectivity index (χ3v) is 11.7. The van der Waals surface area contributed by atoms with Crippen LogP contribution in [0.25, 0.3) is 99.5 Å². The van der Waals surface area contributed by atoms with E-state index in [0.717, 1.165) is 28.4 Å². The van der Waals surface area contributed by atoms with Crippen LogP contribution in [-0.2, 0) is 0 Å². The van der Waals surface area contributed by atoms with Crippen molar-refractivity contribution in [3.8, 4) is 67.4 Å². The molecule has 3 heteroatoms. The van der Waals surface area contributed by atoms with Gasteiger partial charge in [-0.3, -0.25) is 0 Å². The van der Waals surface area contributed by atoms with E-state index in [-0.39, 0.29) is 0 Å². The molecule has 0 saturated heterocycles. The lowest BCUT2D eigenvalue weighted by Crippen LogP contribution is -2.04. The minimum atomic E-state index is 0.868. The number of rotatable bonds is 5. The highest BCUT2D eigenvalue weighted by atomic mass is 16.5. The topological polar surface area (TPSA) is 19.1 Å². The third kappa shape index (κ3) is 4.79. The van der Waals surface area contributed by atoms with Crippen molar-refractivity contribution in [3.05, 3.63) is 206 Å². The summed E-state index contributed by atoms with van der Waals surface area (Å²) in [5, 5.41) is 4.86. The van der Waals surface area contributed by atoms with Gasteiger partial charge in [-0.2, -0.15) is 0 Å². The number of fused-ring (bicyclic) bond motifs is 8. The summed E-state index contributed by atoms with van der Waals surface area (Å²) in [6.45, 7) is 0. The van der Waals surface area contributed by atoms with Crippen molar-refractivity contribution in [3.63, 3.8) is 0 Å². The van der Waals surface area contributed by atoms with Crippen LogP contribution in [0.5, 0.6) is 11.5 Å². The minimum Gasteiger partial charge on any atom is -0.453 e. The van der Waals surface area contributed by atoms with Crippen molar-refractivity contribution in [2.45, 2.75) is 0 Å². The van der Waals surface area contributed by atoms with Gasteiger partial charge in [0.15, 0.2) is 11.5 Å². The Bertz CT molecular complexity index is 3270. The molecule has 266 valence electrons.